The molecule has 2 aliphatic heterocycles. The summed E-state index contributed by atoms with van der Waals surface area (Å²) in [4.78, 5) is 26.7. The lowest BCUT2D eigenvalue weighted by Gasteiger charge is -2.31. The monoisotopic (exact) mass is 388 g/mol. The van der Waals surface area contributed by atoms with Gasteiger partial charge in [0.2, 0.25) is 12.7 Å². The number of carbonyl (C=O) groups is 2. The highest BCUT2D eigenvalue weighted by Gasteiger charge is 2.29. The second-order valence-electron chi connectivity index (χ2n) is 6.75. The topological polar surface area (TPSA) is 67.9 Å². The largest absolute Gasteiger partial charge is 0.454 e. The van der Waals surface area contributed by atoms with Crippen LogP contribution in [0.3, 0.4) is 0 Å². The highest BCUT2D eigenvalue weighted by Crippen LogP contribution is 2.33. The van der Waals surface area contributed by atoms with Crippen LogP contribution in [-0.4, -0.2) is 36.6 Å². The van der Waals surface area contributed by atoms with Crippen LogP contribution in [0.2, 0.25) is 0 Å². The number of hydrogen-bond donors (Lipinski definition) is 1. The molecule has 2 aromatic rings. The molecule has 146 valence electrons. The van der Waals surface area contributed by atoms with Crippen molar-refractivity contribution in [2.75, 3.05) is 25.2 Å². The predicted octanol–water partition coefficient (Wildman–Crippen LogP) is 3.18. The number of hydrogen-bond acceptors (Lipinski definition) is 4. The fourth-order valence-corrected chi connectivity index (χ4v) is 3.38. The van der Waals surface area contributed by atoms with E-state index < -0.39 is 11.6 Å². The Kier molecular flexibility index (Phi) is 4.85. The third kappa shape index (κ3) is 3.62. The van der Waals surface area contributed by atoms with Crippen molar-refractivity contribution in [3.05, 3.63) is 53.6 Å². The molecular weight excluding hydrogens is 370 g/mol. The normalized spacial score (nSPS) is 16.1. The molecule has 0 spiro atoms. The fraction of sp³-hybridized carbons (Fsp3) is 0.300. The van der Waals surface area contributed by atoms with Crippen LogP contribution in [0, 0.1) is 17.6 Å². The van der Waals surface area contributed by atoms with E-state index in [9.17, 15) is 18.4 Å². The number of benzene rings is 2. The number of nitrogens with one attached hydrogen (secondary N) is 1. The Morgan fingerprint density at radius 3 is 2.50 bits per heavy atom. The van der Waals surface area contributed by atoms with Gasteiger partial charge in [-0.15, -0.1) is 0 Å². The first-order valence-electron chi connectivity index (χ1n) is 8.96. The zero-order chi connectivity index (χ0) is 19.7. The molecule has 0 radical (unpaired) electrons. The minimum atomic E-state index is -0.816. The van der Waals surface area contributed by atoms with Gasteiger partial charge in [-0.1, -0.05) is 0 Å². The van der Waals surface area contributed by atoms with Crippen LogP contribution in [0.4, 0.5) is 14.5 Å². The molecule has 0 unspecified atom stereocenters. The lowest BCUT2D eigenvalue weighted by Crippen LogP contribution is -2.41. The van der Waals surface area contributed by atoms with Gasteiger partial charge < -0.3 is 19.7 Å². The molecule has 0 aromatic heterocycles. The molecule has 0 aliphatic carbocycles. The molecule has 2 amide bonds. The summed E-state index contributed by atoms with van der Waals surface area (Å²) in [5, 5.41) is 2.50. The van der Waals surface area contributed by atoms with Crippen LogP contribution < -0.4 is 14.8 Å². The summed E-state index contributed by atoms with van der Waals surface area (Å²) in [7, 11) is 0. The van der Waals surface area contributed by atoms with E-state index in [-0.39, 0.29) is 30.2 Å². The van der Waals surface area contributed by atoms with Crippen LogP contribution in [-0.2, 0) is 4.79 Å². The lowest BCUT2D eigenvalue weighted by atomic mass is 9.95. The zero-order valence-electron chi connectivity index (χ0n) is 14.9. The van der Waals surface area contributed by atoms with Gasteiger partial charge in [0.15, 0.2) is 11.5 Å². The Morgan fingerprint density at radius 1 is 1.00 bits per heavy atom. The number of ether oxygens (including phenoxy) is 2. The quantitative estimate of drug-likeness (QED) is 0.877. The van der Waals surface area contributed by atoms with Gasteiger partial charge in [-0.3, -0.25) is 9.59 Å². The second-order valence-corrected chi connectivity index (χ2v) is 6.75. The van der Waals surface area contributed by atoms with Crippen LogP contribution in [0.5, 0.6) is 11.5 Å². The number of amides is 2. The van der Waals surface area contributed by atoms with Crippen LogP contribution in [0.1, 0.15) is 23.2 Å². The number of fused-ring (bicyclic) bond motifs is 1. The summed E-state index contributed by atoms with van der Waals surface area (Å²) >= 11 is 0. The number of nitrogens with zero attached hydrogens (tertiary/aromatic N) is 1. The average Bonchev–Trinajstić information content (AvgIpc) is 3.17. The second kappa shape index (κ2) is 7.46. The third-order valence-electron chi connectivity index (χ3n) is 4.96. The molecule has 28 heavy (non-hydrogen) atoms. The first-order valence-corrected chi connectivity index (χ1v) is 8.96. The van der Waals surface area contributed by atoms with Gasteiger partial charge in [0.25, 0.3) is 5.91 Å². The molecule has 0 saturated carbocycles. The van der Waals surface area contributed by atoms with E-state index in [0.29, 0.717) is 43.0 Å². The summed E-state index contributed by atoms with van der Waals surface area (Å²) < 4.78 is 37.2. The zero-order valence-corrected chi connectivity index (χ0v) is 14.9. The molecule has 4 rings (SSSR count). The Bertz CT molecular complexity index is 926. The molecule has 1 fully saturated rings. The maximum absolute atomic E-state index is 13.7. The molecule has 1 N–H and O–H groups in total. The van der Waals surface area contributed by atoms with Gasteiger partial charge in [-0.05, 0) is 43.2 Å². The summed E-state index contributed by atoms with van der Waals surface area (Å²) in [5.41, 5.74) is 0.450. The molecule has 8 heteroatoms. The van der Waals surface area contributed by atoms with E-state index in [4.69, 9.17) is 9.47 Å². The van der Waals surface area contributed by atoms with E-state index in [1.54, 1.807) is 23.1 Å². The lowest BCUT2D eigenvalue weighted by molar-refractivity contribution is -0.121. The van der Waals surface area contributed by atoms with E-state index in [2.05, 4.69) is 5.32 Å². The number of halogens is 2. The highest BCUT2D eigenvalue weighted by molar-refractivity contribution is 5.96. The van der Waals surface area contributed by atoms with E-state index in [1.165, 1.54) is 6.07 Å². The van der Waals surface area contributed by atoms with Gasteiger partial charge in [-0.2, -0.15) is 0 Å². The summed E-state index contributed by atoms with van der Waals surface area (Å²) in [6.45, 7) is 0.969. The van der Waals surface area contributed by atoms with E-state index in [1.807, 2.05) is 0 Å². The molecule has 6 nitrogen and oxygen atoms in total. The maximum atomic E-state index is 13.7. The maximum Gasteiger partial charge on any atom is 0.253 e. The van der Waals surface area contributed by atoms with Crippen molar-refractivity contribution in [2.24, 2.45) is 5.92 Å². The summed E-state index contributed by atoms with van der Waals surface area (Å²) in [6.07, 6.45) is 0.926. The summed E-state index contributed by atoms with van der Waals surface area (Å²) in [6, 6.07) is 8.05. The van der Waals surface area contributed by atoms with Gasteiger partial charge >= 0.3 is 0 Å². The molecule has 2 aliphatic rings. The minimum Gasteiger partial charge on any atom is -0.454 e. The number of likely N-dealkylation sites (tertiary alicyclic amines) is 1. The average molecular weight is 388 g/mol. The highest BCUT2D eigenvalue weighted by atomic mass is 19.1. The minimum absolute atomic E-state index is 0.0507. The van der Waals surface area contributed by atoms with Crippen molar-refractivity contribution in [1.82, 2.24) is 4.90 Å². The van der Waals surface area contributed by atoms with Crippen molar-refractivity contribution in [3.8, 4) is 11.5 Å². The van der Waals surface area contributed by atoms with Crippen molar-refractivity contribution in [1.29, 1.82) is 0 Å². The van der Waals surface area contributed by atoms with Crippen LogP contribution in [0.15, 0.2) is 36.4 Å². The van der Waals surface area contributed by atoms with Crippen molar-refractivity contribution in [3.63, 3.8) is 0 Å². The van der Waals surface area contributed by atoms with E-state index >= 15 is 0 Å². The first kappa shape index (κ1) is 18.2. The van der Waals surface area contributed by atoms with Gasteiger partial charge in [0.05, 0.1) is 5.69 Å². The Labute approximate surface area is 160 Å². The summed E-state index contributed by atoms with van der Waals surface area (Å²) in [5.74, 6) is -1.18. The number of carbonyl (C=O) groups excluding carboxylic acids is 2. The van der Waals surface area contributed by atoms with Gasteiger partial charge in [-0.25, -0.2) is 8.78 Å². The van der Waals surface area contributed by atoms with Crippen molar-refractivity contribution in [2.45, 2.75) is 12.8 Å². The Balaban J connectivity index is 1.35. The smallest absolute Gasteiger partial charge is 0.253 e. The predicted molar refractivity (Wildman–Crippen MR) is 96.2 cm³/mol. The third-order valence-corrected chi connectivity index (χ3v) is 4.96. The molecule has 2 heterocycles. The van der Waals surface area contributed by atoms with Crippen LogP contribution >= 0.6 is 0 Å². The number of rotatable bonds is 3. The van der Waals surface area contributed by atoms with E-state index in [0.717, 1.165) is 12.1 Å². The standard InChI is InChI=1S/C20H18F2N2O4/c21-14-2-3-16(15(22)10-14)23-19(25)12-5-7-24(8-6-12)20(26)13-1-4-17-18(9-13)28-11-27-17/h1-4,9-10,12H,5-8,11H2,(H,23,25). The molecule has 0 atom stereocenters. The van der Waals surface area contributed by atoms with Gasteiger partial charge in [0.1, 0.15) is 11.6 Å². The fourth-order valence-electron chi connectivity index (χ4n) is 3.38. The number of anilines is 1. The Morgan fingerprint density at radius 2 is 1.75 bits per heavy atom. The first-order chi connectivity index (χ1) is 13.5. The van der Waals surface area contributed by atoms with Gasteiger partial charge in [0, 0.05) is 30.6 Å². The van der Waals surface area contributed by atoms with Crippen LogP contribution in [0.25, 0.3) is 0 Å². The molecule has 1 saturated heterocycles. The number of piperidine rings is 1. The molecule has 2 aromatic carbocycles. The molecule has 0 bridgehead atoms. The Hall–Kier alpha value is -3.16. The van der Waals surface area contributed by atoms with Crippen molar-refractivity contribution < 1.29 is 27.8 Å². The van der Waals surface area contributed by atoms with Crippen molar-refractivity contribution >= 4 is 17.5 Å². The molecular formula is C20H18F2N2O4. The SMILES string of the molecule is O=C(Nc1ccc(F)cc1F)C1CCN(C(=O)c2ccc3c(c2)OCO3)CC1.